The molecule has 10 nitrogen and oxygen atoms in total. The third-order valence-corrected chi connectivity index (χ3v) is 3.23. The van der Waals surface area contributed by atoms with E-state index in [9.17, 15) is 29.4 Å². The smallest absolute Gasteiger partial charge is 0.311 e. The molecule has 2 rings (SSSR count). The van der Waals surface area contributed by atoms with E-state index < -0.39 is 45.3 Å². The van der Waals surface area contributed by atoms with Gasteiger partial charge in [-0.15, -0.1) is 0 Å². The first kappa shape index (κ1) is 19.6. The van der Waals surface area contributed by atoms with Gasteiger partial charge in [0.05, 0.1) is 22.5 Å². The minimum atomic E-state index is -0.819. The van der Waals surface area contributed by atoms with Crippen molar-refractivity contribution in [3.63, 3.8) is 0 Å². The van der Waals surface area contributed by atoms with Crippen LogP contribution in [-0.4, -0.2) is 29.0 Å². The normalized spacial score (nSPS) is 10.1. The molecule has 0 bridgehead atoms. The molecule has 142 valence electrons. The third-order valence-electron chi connectivity index (χ3n) is 3.23. The van der Waals surface area contributed by atoms with Crippen LogP contribution in [0.25, 0.3) is 0 Å². The van der Waals surface area contributed by atoms with Crippen LogP contribution in [0.3, 0.4) is 0 Å². The second kappa shape index (κ2) is 8.56. The Kier molecular flexibility index (Phi) is 6.20. The lowest BCUT2D eigenvalue weighted by Gasteiger charge is -2.09. The van der Waals surface area contributed by atoms with E-state index in [2.05, 4.69) is 5.32 Å². The quantitative estimate of drug-likeness (QED) is 0.550. The standard InChI is InChI=1S/C16H14FN3O7/c1-2-26-11-4-5-12(14(8-11)20(24)25)18-16(21)9-27-15-7-10(17)3-6-13(15)19(22)23/h3-8H,2,9H2,1H3,(H,18,21). The fourth-order valence-electron chi connectivity index (χ4n) is 2.11. The van der Waals surface area contributed by atoms with Gasteiger partial charge in [0.2, 0.25) is 5.75 Å². The largest absolute Gasteiger partial charge is 0.494 e. The Balaban J connectivity index is 2.12. The van der Waals surface area contributed by atoms with Crippen molar-refractivity contribution in [2.24, 2.45) is 0 Å². The van der Waals surface area contributed by atoms with Crippen LogP contribution in [0.5, 0.6) is 11.5 Å². The maximum absolute atomic E-state index is 13.2. The van der Waals surface area contributed by atoms with E-state index in [0.717, 1.165) is 24.3 Å². The molecule has 0 aliphatic rings. The van der Waals surface area contributed by atoms with Gasteiger partial charge in [0.15, 0.2) is 6.61 Å². The van der Waals surface area contributed by atoms with Crippen LogP contribution >= 0.6 is 0 Å². The maximum atomic E-state index is 13.2. The molecule has 0 unspecified atom stereocenters. The molecule has 0 heterocycles. The Hall–Kier alpha value is -3.76. The van der Waals surface area contributed by atoms with Gasteiger partial charge < -0.3 is 14.8 Å². The average Bonchev–Trinajstić information content (AvgIpc) is 2.61. The van der Waals surface area contributed by atoms with Gasteiger partial charge in [-0.3, -0.25) is 25.0 Å². The molecule has 0 radical (unpaired) electrons. The molecule has 0 aliphatic heterocycles. The zero-order valence-corrected chi connectivity index (χ0v) is 14.0. The number of benzene rings is 2. The summed E-state index contributed by atoms with van der Waals surface area (Å²) in [6, 6.07) is 6.42. The van der Waals surface area contributed by atoms with E-state index in [1.807, 2.05) is 0 Å². The molecule has 27 heavy (non-hydrogen) atoms. The topological polar surface area (TPSA) is 134 Å². The summed E-state index contributed by atoms with van der Waals surface area (Å²) < 4.78 is 23.4. The number of hydrogen-bond acceptors (Lipinski definition) is 7. The van der Waals surface area contributed by atoms with Crippen LogP contribution < -0.4 is 14.8 Å². The third kappa shape index (κ3) is 5.11. The molecule has 0 saturated heterocycles. The molecule has 0 aliphatic carbocycles. The van der Waals surface area contributed by atoms with Crippen LogP contribution in [-0.2, 0) is 4.79 Å². The molecular weight excluding hydrogens is 365 g/mol. The molecule has 11 heteroatoms. The highest BCUT2D eigenvalue weighted by Crippen LogP contribution is 2.30. The van der Waals surface area contributed by atoms with Crippen molar-refractivity contribution in [1.29, 1.82) is 0 Å². The Morgan fingerprint density at radius 3 is 2.41 bits per heavy atom. The Bertz CT molecular complexity index is 888. The van der Waals surface area contributed by atoms with Gasteiger partial charge in [0, 0.05) is 12.1 Å². The van der Waals surface area contributed by atoms with E-state index in [1.54, 1.807) is 6.92 Å². The van der Waals surface area contributed by atoms with Crippen LogP contribution in [0.4, 0.5) is 21.5 Å². The van der Waals surface area contributed by atoms with Crippen molar-refractivity contribution < 1.29 is 28.5 Å². The summed E-state index contributed by atoms with van der Waals surface area (Å²) in [5.74, 6) is -1.77. The highest BCUT2D eigenvalue weighted by molar-refractivity contribution is 5.94. The number of anilines is 1. The van der Waals surface area contributed by atoms with Crippen molar-refractivity contribution >= 4 is 23.0 Å². The number of nitrogens with one attached hydrogen (secondary N) is 1. The number of rotatable bonds is 8. The first-order valence-electron chi connectivity index (χ1n) is 7.59. The fourth-order valence-corrected chi connectivity index (χ4v) is 2.11. The van der Waals surface area contributed by atoms with Gasteiger partial charge in [-0.05, 0) is 25.1 Å². The number of hydrogen-bond donors (Lipinski definition) is 1. The summed E-state index contributed by atoms with van der Waals surface area (Å²) in [7, 11) is 0. The zero-order valence-electron chi connectivity index (χ0n) is 14.0. The van der Waals surface area contributed by atoms with E-state index in [4.69, 9.17) is 9.47 Å². The molecule has 0 atom stereocenters. The summed E-state index contributed by atoms with van der Waals surface area (Å²) in [4.78, 5) is 32.5. The van der Waals surface area contributed by atoms with Gasteiger partial charge in [0.25, 0.3) is 11.6 Å². The second-order valence-corrected chi connectivity index (χ2v) is 5.08. The number of amides is 1. The van der Waals surface area contributed by atoms with E-state index in [-0.39, 0.29) is 11.4 Å². The van der Waals surface area contributed by atoms with Crippen molar-refractivity contribution in [3.05, 3.63) is 62.4 Å². The molecule has 1 amide bonds. The molecule has 0 saturated carbocycles. The van der Waals surface area contributed by atoms with Crippen LogP contribution in [0.1, 0.15) is 6.92 Å². The summed E-state index contributed by atoms with van der Waals surface area (Å²) >= 11 is 0. The molecule has 1 N–H and O–H groups in total. The van der Waals surface area contributed by atoms with Gasteiger partial charge in [-0.2, -0.15) is 0 Å². The van der Waals surface area contributed by atoms with Crippen molar-refractivity contribution in [2.75, 3.05) is 18.5 Å². The van der Waals surface area contributed by atoms with Crippen molar-refractivity contribution in [1.82, 2.24) is 0 Å². The summed E-state index contributed by atoms with van der Waals surface area (Å²) in [6.45, 7) is 1.31. The van der Waals surface area contributed by atoms with Gasteiger partial charge >= 0.3 is 5.69 Å². The van der Waals surface area contributed by atoms with Gasteiger partial charge in [-0.1, -0.05) is 0 Å². The van der Waals surface area contributed by atoms with E-state index >= 15 is 0 Å². The monoisotopic (exact) mass is 379 g/mol. The van der Waals surface area contributed by atoms with Crippen LogP contribution in [0.15, 0.2) is 36.4 Å². The first-order chi connectivity index (χ1) is 12.8. The van der Waals surface area contributed by atoms with Crippen LogP contribution in [0.2, 0.25) is 0 Å². The Morgan fingerprint density at radius 2 is 1.78 bits per heavy atom. The molecule has 2 aromatic carbocycles. The minimum absolute atomic E-state index is 0.106. The number of ether oxygens (including phenoxy) is 2. The molecular formula is C16H14FN3O7. The summed E-state index contributed by atoms with van der Waals surface area (Å²) in [5, 5.41) is 24.3. The lowest BCUT2D eigenvalue weighted by molar-refractivity contribution is -0.385. The number of nitro groups is 2. The predicted molar refractivity (Wildman–Crippen MR) is 91.4 cm³/mol. The second-order valence-electron chi connectivity index (χ2n) is 5.08. The molecule has 0 aromatic heterocycles. The highest BCUT2D eigenvalue weighted by Gasteiger charge is 2.20. The maximum Gasteiger partial charge on any atom is 0.311 e. The fraction of sp³-hybridized carbons (Fsp3) is 0.188. The summed E-state index contributed by atoms with van der Waals surface area (Å²) in [5.41, 5.74) is -1.02. The molecule has 0 fully saturated rings. The van der Waals surface area contributed by atoms with Crippen molar-refractivity contribution in [2.45, 2.75) is 6.92 Å². The number of nitrogens with zero attached hydrogens (tertiary/aromatic N) is 2. The van der Waals surface area contributed by atoms with Crippen LogP contribution in [0, 0.1) is 26.0 Å². The number of carbonyl (C=O) groups excluding carboxylic acids is 1. The minimum Gasteiger partial charge on any atom is -0.494 e. The first-order valence-corrected chi connectivity index (χ1v) is 7.59. The highest BCUT2D eigenvalue weighted by atomic mass is 19.1. The lowest BCUT2D eigenvalue weighted by Crippen LogP contribution is -2.21. The van der Waals surface area contributed by atoms with Gasteiger partial charge in [-0.25, -0.2) is 4.39 Å². The van der Waals surface area contributed by atoms with Crippen molar-refractivity contribution in [3.8, 4) is 11.5 Å². The van der Waals surface area contributed by atoms with Gasteiger partial charge in [0.1, 0.15) is 17.3 Å². The summed E-state index contributed by atoms with van der Waals surface area (Å²) in [6.07, 6.45) is 0. The van der Waals surface area contributed by atoms with E-state index in [1.165, 1.54) is 12.1 Å². The number of carbonyl (C=O) groups is 1. The Labute approximate surface area is 151 Å². The average molecular weight is 379 g/mol. The molecule has 2 aromatic rings. The predicted octanol–water partition coefficient (Wildman–Crippen LogP) is 3.06. The zero-order chi connectivity index (χ0) is 20.0. The molecule has 0 spiro atoms. The number of nitro benzene ring substituents is 2. The van der Waals surface area contributed by atoms with E-state index in [0.29, 0.717) is 6.61 Å². The number of halogens is 1. The lowest BCUT2D eigenvalue weighted by atomic mass is 10.2. The Morgan fingerprint density at radius 1 is 1.07 bits per heavy atom. The SMILES string of the molecule is CCOc1ccc(NC(=O)COc2cc(F)ccc2[N+](=O)[O-])c([N+](=O)[O-])c1.